The number of benzene rings is 1. The fourth-order valence-electron chi connectivity index (χ4n) is 3.14. The summed E-state index contributed by atoms with van der Waals surface area (Å²) in [5, 5.41) is 3.72. The predicted octanol–water partition coefficient (Wildman–Crippen LogP) is 5.72. The quantitative estimate of drug-likeness (QED) is 0.456. The standard InChI is InChI=1S/C21H20BrF3N4O/c1-10(2)19(30)21(24,25)15-7-5-6-13(18(15)23)11(3)27-20-14-8-17(22)26-9-16(14)28-12(4)29-20/h5-11H,1-4H3,(H,27,28,29). The summed E-state index contributed by atoms with van der Waals surface area (Å²) in [6, 6.07) is 4.67. The highest BCUT2D eigenvalue weighted by molar-refractivity contribution is 9.10. The van der Waals surface area contributed by atoms with Gasteiger partial charge in [0.2, 0.25) is 5.78 Å². The number of Topliss-reactive ketones (excluding diaryl/α,β-unsaturated/α-hetero) is 1. The molecule has 3 rings (SSSR count). The Morgan fingerprint density at radius 3 is 2.57 bits per heavy atom. The van der Waals surface area contributed by atoms with Crippen LogP contribution in [0.15, 0.2) is 35.1 Å². The van der Waals surface area contributed by atoms with Crippen molar-refractivity contribution in [2.45, 2.75) is 39.7 Å². The van der Waals surface area contributed by atoms with Gasteiger partial charge in [-0.05, 0) is 41.9 Å². The first-order valence-electron chi connectivity index (χ1n) is 9.29. The molecule has 0 spiro atoms. The summed E-state index contributed by atoms with van der Waals surface area (Å²) < 4.78 is 44.8. The van der Waals surface area contributed by atoms with Crippen LogP contribution in [-0.4, -0.2) is 20.7 Å². The zero-order valence-electron chi connectivity index (χ0n) is 16.8. The first kappa shape index (κ1) is 22.1. The second-order valence-corrected chi connectivity index (χ2v) is 8.12. The molecule has 158 valence electrons. The van der Waals surface area contributed by atoms with Crippen molar-refractivity contribution in [2.24, 2.45) is 5.92 Å². The molecule has 9 heteroatoms. The van der Waals surface area contributed by atoms with E-state index in [4.69, 9.17) is 0 Å². The zero-order valence-corrected chi connectivity index (χ0v) is 18.4. The molecule has 0 radical (unpaired) electrons. The second-order valence-electron chi connectivity index (χ2n) is 7.31. The number of carbonyl (C=O) groups excluding carboxylic acids is 1. The van der Waals surface area contributed by atoms with E-state index >= 15 is 4.39 Å². The van der Waals surface area contributed by atoms with Crippen molar-refractivity contribution in [1.29, 1.82) is 0 Å². The molecule has 0 saturated carbocycles. The summed E-state index contributed by atoms with van der Waals surface area (Å²) in [4.78, 5) is 24.8. The molecule has 1 atom stereocenters. The van der Waals surface area contributed by atoms with E-state index in [2.05, 4.69) is 36.2 Å². The molecular formula is C21H20BrF3N4O. The number of aryl methyl sites for hydroxylation is 1. The van der Waals surface area contributed by atoms with Crippen molar-refractivity contribution in [3.05, 3.63) is 57.8 Å². The lowest BCUT2D eigenvalue weighted by Gasteiger charge is -2.22. The summed E-state index contributed by atoms with van der Waals surface area (Å²) in [5.41, 5.74) is -0.340. The number of hydrogen-bond acceptors (Lipinski definition) is 5. The van der Waals surface area contributed by atoms with Crippen LogP contribution < -0.4 is 5.32 Å². The molecule has 2 heterocycles. The Morgan fingerprint density at radius 1 is 1.20 bits per heavy atom. The molecule has 0 aliphatic heterocycles. The van der Waals surface area contributed by atoms with Gasteiger partial charge in [-0.2, -0.15) is 8.78 Å². The maximum atomic E-state index is 15.1. The number of anilines is 1. The Morgan fingerprint density at radius 2 is 1.90 bits per heavy atom. The highest BCUT2D eigenvalue weighted by atomic mass is 79.9. The minimum Gasteiger partial charge on any atom is -0.363 e. The monoisotopic (exact) mass is 480 g/mol. The van der Waals surface area contributed by atoms with Gasteiger partial charge < -0.3 is 5.32 Å². The Bertz CT molecular complexity index is 1120. The van der Waals surface area contributed by atoms with Crippen LogP contribution in [0.5, 0.6) is 0 Å². The molecule has 1 N–H and O–H groups in total. The van der Waals surface area contributed by atoms with E-state index in [1.165, 1.54) is 26.0 Å². The highest BCUT2D eigenvalue weighted by Gasteiger charge is 2.44. The molecule has 5 nitrogen and oxygen atoms in total. The molecule has 0 aliphatic carbocycles. The smallest absolute Gasteiger partial charge is 0.333 e. The van der Waals surface area contributed by atoms with Gasteiger partial charge in [0.25, 0.3) is 0 Å². The average Bonchev–Trinajstić information content (AvgIpc) is 2.67. The Labute approximate surface area is 180 Å². The Hall–Kier alpha value is -2.55. The van der Waals surface area contributed by atoms with Crippen LogP contribution in [0.2, 0.25) is 0 Å². The number of carbonyl (C=O) groups is 1. The van der Waals surface area contributed by atoms with Gasteiger partial charge >= 0.3 is 5.92 Å². The minimum absolute atomic E-state index is 0.00117. The van der Waals surface area contributed by atoms with E-state index < -0.39 is 35.0 Å². The third-order valence-electron chi connectivity index (χ3n) is 4.68. The molecule has 0 aliphatic rings. The van der Waals surface area contributed by atoms with Gasteiger partial charge in [0.1, 0.15) is 22.1 Å². The van der Waals surface area contributed by atoms with Crippen molar-refractivity contribution >= 4 is 38.4 Å². The van der Waals surface area contributed by atoms with E-state index in [9.17, 15) is 13.6 Å². The number of halogens is 4. The number of ketones is 1. The second kappa shape index (κ2) is 8.29. The topological polar surface area (TPSA) is 67.8 Å². The molecule has 0 amide bonds. The highest BCUT2D eigenvalue weighted by Crippen LogP contribution is 2.36. The SMILES string of the molecule is Cc1nc(NC(C)c2cccc(C(F)(F)C(=O)C(C)C)c2F)c2cc(Br)ncc2n1. The predicted molar refractivity (Wildman–Crippen MR) is 112 cm³/mol. The van der Waals surface area contributed by atoms with Crippen LogP contribution in [0.3, 0.4) is 0 Å². The van der Waals surface area contributed by atoms with Crippen molar-refractivity contribution in [3.63, 3.8) is 0 Å². The fraction of sp³-hybridized carbons (Fsp3) is 0.333. The molecule has 30 heavy (non-hydrogen) atoms. The maximum Gasteiger partial charge on any atom is 0.333 e. The lowest BCUT2D eigenvalue weighted by Crippen LogP contribution is -2.31. The van der Waals surface area contributed by atoms with Crippen molar-refractivity contribution in [1.82, 2.24) is 15.0 Å². The molecule has 0 saturated heterocycles. The van der Waals surface area contributed by atoms with Crippen LogP contribution in [0.25, 0.3) is 10.9 Å². The average molecular weight is 481 g/mol. The number of fused-ring (bicyclic) bond motifs is 1. The summed E-state index contributed by atoms with van der Waals surface area (Å²) in [7, 11) is 0. The number of hydrogen-bond donors (Lipinski definition) is 1. The van der Waals surface area contributed by atoms with Gasteiger partial charge in [-0.15, -0.1) is 0 Å². The van der Waals surface area contributed by atoms with Gasteiger partial charge in [-0.3, -0.25) is 4.79 Å². The van der Waals surface area contributed by atoms with Crippen LogP contribution in [0.1, 0.15) is 43.8 Å². The molecule has 3 aromatic rings. The number of pyridine rings is 1. The summed E-state index contributed by atoms with van der Waals surface area (Å²) in [5.74, 6) is -6.39. The maximum absolute atomic E-state index is 15.1. The Kier molecular flexibility index (Phi) is 6.12. The van der Waals surface area contributed by atoms with Gasteiger partial charge in [0.05, 0.1) is 23.3 Å². The molecule has 0 fully saturated rings. The molecule has 1 unspecified atom stereocenters. The fourth-order valence-corrected chi connectivity index (χ4v) is 3.47. The van der Waals surface area contributed by atoms with E-state index in [-0.39, 0.29) is 5.56 Å². The molecule has 2 aromatic heterocycles. The van der Waals surface area contributed by atoms with Crippen LogP contribution >= 0.6 is 15.9 Å². The van der Waals surface area contributed by atoms with Crippen molar-refractivity contribution in [3.8, 4) is 0 Å². The minimum atomic E-state index is -3.91. The van der Waals surface area contributed by atoms with Crippen molar-refractivity contribution in [2.75, 3.05) is 5.32 Å². The lowest BCUT2D eigenvalue weighted by atomic mass is 9.93. The zero-order chi connectivity index (χ0) is 22.2. The first-order valence-corrected chi connectivity index (χ1v) is 10.1. The number of aromatic nitrogens is 3. The molecule has 0 bridgehead atoms. The van der Waals surface area contributed by atoms with E-state index in [1.807, 2.05) is 0 Å². The first-order chi connectivity index (χ1) is 14.0. The third kappa shape index (κ3) is 4.16. The Balaban J connectivity index is 2.02. The van der Waals surface area contributed by atoms with Gasteiger partial charge in [-0.1, -0.05) is 26.0 Å². The summed E-state index contributed by atoms with van der Waals surface area (Å²) in [6.45, 7) is 6.05. The van der Waals surface area contributed by atoms with E-state index in [0.717, 1.165) is 6.07 Å². The van der Waals surface area contributed by atoms with E-state index in [1.54, 1.807) is 26.1 Å². The number of nitrogens with zero attached hydrogens (tertiary/aromatic N) is 3. The number of nitrogens with one attached hydrogen (secondary N) is 1. The van der Waals surface area contributed by atoms with Gasteiger partial charge in [0.15, 0.2) is 0 Å². The van der Waals surface area contributed by atoms with E-state index in [0.29, 0.717) is 27.1 Å². The summed E-state index contributed by atoms with van der Waals surface area (Å²) >= 11 is 3.29. The third-order valence-corrected chi connectivity index (χ3v) is 5.11. The van der Waals surface area contributed by atoms with Crippen LogP contribution in [0, 0.1) is 18.7 Å². The normalized spacial score (nSPS) is 13.0. The summed E-state index contributed by atoms with van der Waals surface area (Å²) in [6.07, 6.45) is 1.57. The lowest BCUT2D eigenvalue weighted by molar-refractivity contribution is -0.148. The largest absolute Gasteiger partial charge is 0.363 e. The number of rotatable bonds is 6. The van der Waals surface area contributed by atoms with Crippen LogP contribution in [0.4, 0.5) is 19.0 Å². The van der Waals surface area contributed by atoms with Crippen LogP contribution in [-0.2, 0) is 10.7 Å². The van der Waals surface area contributed by atoms with Crippen molar-refractivity contribution < 1.29 is 18.0 Å². The van der Waals surface area contributed by atoms with Gasteiger partial charge in [0, 0.05) is 16.9 Å². The molecule has 1 aromatic carbocycles. The molecular weight excluding hydrogens is 461 g/mol. The number of alkyl halides is 2. The van der Waals surface area contributed by atoms with Gasteiger partial charge in [-0.25, -0.2) is 19.3 Å².